The number of likely N-dealkylation sites (N-methyl/N-ethyl adjacent to an activating group) is 2. The molecule has 2 saturated heterocycles. The van der Waals surface area contributed by atoms with Gasteiger partial charge in [-0.05, 0) is 26.6 Å². The number of nitrogens with zero attached hydrogens (tertiary/aromatic N) is 4. The van der Waals surface area contributed by atoms with E-state index in [1.807, 2.05) is 0 Å². The maximum Gasteiger partial charge on any atom is 0.231 e. The van der Waals surface area contributed by atoms with Crippen molar-refractivity contribution in [2.24, 2.45) is 5.92 Å². The lowest BCUT2D eigenvalue weighted by Gasteiger charge is -2.37. The van der Waals surface area contributed by atoms with Crippen LogP contribution in [0.5, 0.6) is 0 Å². The van der Waals surface area contributed by atoms with Gasteiger partial charge in [0.25, 0.3) is 0 Å². The molecule has 3 heterocycles. The van der Waals surface area contributed by atoms with Crippen molar-refractivity contribution >= 4 is 0 Å². The van der Waals surface area contributed by atoms with Crippen molar-refractivity contribution in [3.63, 3.8) is 0 Å². The molecule has 112 valence electrons. The summed E-state index contributed by atoms with van der Waals surface area (Å²) in [5.41, 5.74) is 0. The van der Waals surface area contributed by atoms with Crippen LogP contribution in [0.1, 0.15) is 24.6 Å². The maximum absolute atomic E-state index is 5.49. The first-order valence-corrected chi connectivity index (χ1v) is 7.55. The van der Waals surface area contributed by atoms with E-state index in [0.717, 1.165) is 50.9 Å². The summed E-state index contributed by atoms with van der Waals surface area (Å²) in [5.74, 6) is 2.62. The molecular weight excluding hydrogens is 254 g/mol. The third-order valence-electron chi connectivity index (χ3n) is 4.72. The highest BCUT2D eigenvalue weighted by molar-refractivity contribution is 5.02. The first-order chi connectivity index (χ1) is 9.63. The van der Waals surface area contributed by atoms with E-state index in [4.69, 9.17) is 4.52 Å². The summed E-state index contributed by atoms with van der Waals surface area (Å²) in [7, 11) is 4.36. The van der Waals surface area contributed by atoms with Crippen molar-refractivity contribution in [2.45, 2.75) is 25.3 Å². The Morgan fingerprint density at radius 3 is 2.90 bits per heavy atom. The van der Waals surface area contributed by atoms with Crippen molar-refractivity contribution in [1.29, 1.82) is 0 Å². The van der Waals surface area contributed by atoms with Crippen LogP contribution in [0.15, 0.2) is 4.52 Å². The van der Waals surface area contributed by atoms with Crippen LogP contribution >= 0.6 is 0 Å². The second-order valence-corrected chi connectivity index (χ2v) is 6.39. The van der Waals surface area contributed by atoms with Gasteiger partial charge >= 0.3 is 0 Å². The Balaban J connectivity index is 1.64. The summed E-state index contributed by atoms with van der Waals surface area (Å²) >= 11 is 0. The predicted octanol–water partition coefficient (Wildman–Crippen LogP) is 0.181. The van der Waals surface area contributed by atoms with Gasteiger partial charge in [0.05, 0.1) is 5.92 Å². The molecule has 0 spiro atoms. The lowest BCUT2D eigenvalue weighted by atomic mass is 9.98. The molecule has 0 aromatic carbocycles. The number of rotatable bonds is 3. The molecular formula is C14H25N5O. The van der Waals surface area contributed by atoms with Crippen LogP contribution in [0.4, 0.5) is 0 Å². The van der Waals surface area contributed by atoms with Gasteiger partial charge < -0.3 is 19.6 Å². The Labute approximate surface area is 120 Å². The van der Waals surface area contributed by atoms with Crippen LogP contribution in [-0.2, 0) is 6.42 Å². The first-order valence-electron chi connectivity index (χ1n) is 7.55. The van der Waals surface area contributed by atoms with E-state index in [0.29, 0.717) is 17.9 Å². The minimum Gasteiger partial charge on any atom is -0.339 e. The highest BCUT2D eigenvalue weighted by Gasteiger charge is 2.30. The average molecular weight is 279 g/mol. The molecule has 0 radical (unpaired) electrons. The number of nitrogens with one attached hydrogen (secondary N) is 1. The molecule has 2 aliphatic heterocycles. The maximum atomic E-state index is 5.49. The SMILES string of the molecule is CC1CNCC1c1nc(CC2CN(C)CCN2C)no1. The molecule has 2 fully saturated rings. The fourth-order valence-corrected chi connectivity index (χ4v) is 3.17. The third-order valence-corrected chi connectivity index (χ3v) is 4.72. The summed E-state index contributed by atoms with van der Waals surface area (Å²) in [6, 6.07) is 0.485. The summed E-state index contributed by atoms with van der Waals surface area (Å²) in [5, 5.41) is 7.57. The normalized spacial score (nSPS) is 32.9. The molecule has 0 amide bonds. The summed E-state index contributed by atoms with van der Waals surface area (Å²) in [6.07, 6.45) is 0.874. The Morgan fingerprint density at radius 1 is 1.30 bits per heavy atom. The molecule has 0 aliphatic carbocycles. The lowest BCUT2D eigenvalue weighted by molar-refractivity contribution is 0.113. The van der Waals surface area contributed by atoms with Crippen LogP contribution in [0.2, 0.25) is 0 Å². The van der Waals surface area contributed by atoms with Gasteiger partial charge in [0.2, 0.25) is 5.89 Å². The molecule has 1 aromatic rings. The summed E-state index contributed by atoms with van der Waals surface area (Å²) in [4.78, 5) is 9.40. The largest absolute Gasteiger partial charge is 0.339 e. The zero-order valence-corrected chi connectivity index (χ0v) is 12.7. The van der Waals surface area contributed by atoms with Gasteiger partial charge in [0.1, 0.15) is 0 Å². The highest BCUT2D eigenvalue weighted by atomic mass is 16.5. The second-order valence-electron chi connectivity index (χ2n) is 6.39. The number of aromatic nitrogens is 2. The average Bonchev–Trinajstić information content (AvgIpc) is 3.02. The van der Waals surface area contributed by atoms with Gasteiger partial charge in [0.15, 0.2) is 5.82 Å². The molecule has 2 aliphatic rings. The zero-order chi connectivity index (χ0) is 14.1. The van der Waals surface area contributed by atoms with Crippen LogP contribution in [0.25, 0.3) is 0 Å². The Hall–Kier alpha value is -0.980. The fraction of sp³-hybridized carbons (Fsp3) is 0.857. The topological polar surface area (TPSA) is 57.4 Å². The van der Waals surface area contributed by atoms with E-state index in [1.165, 1.54) is 0 Å². The summed E-state index contributed by atoms with van der Waals surface area (Å²) < 4.78 is 5.49. The molecule has 1 aromatic heterocycles. The lowest BCUT2D eigenvalue weighted by Crippen LogP contribution is -2.50. The minimum absolute atomic E-state index is 0.378. The standard InChI is InChI=1S/C14H25N5O/c1-10-7-15-8-12(10)14-16-13(17-20-14)6-11-9-18(2)4-5-19(11)3/h10-12,15H,4-9H2,1-3H3. The van der Waals surface area contributed by atoms with E-state index in [-0.39, 0.29) is 0 Å². The first kappa shape index (κ1) is 14.0. The number of hydrogen-bond donors (Lipinski definition) is 1. The van der Waals surface area contributed by atoms with E-state index in [1.54, 1.807) is 0 Å². The van der Waals surface area contributed by atoms with Gasteiger partial charge in [-0.3, -0.25) is 0 Å². The smallest absolute Gasteiger partial charge is 0.231 e. The van der Waals surface area contributed by atoms with Gasteiger partial charge in [-0.1, -0.05) is 12.1 Å². The van der Waals surface area contributed by atoms with E-state index >= 15 is 0 Å². The van der Waals surface area contributed by atoms with Crippen molar-refractivity contribution in [2.75, 3.05) is 46.8 Å². The highest BCUT2D eigenvalue weighted by Crippen LogP contribution is 2.26. The van der Waals surface area contributed by atoms with Crippen molar-refractivity contribution in [3.05, 3.63) is 11.7 Å². The van der Waals surface area contributed by atoms with Crippen molar-refractivity contribution < 1.29 is 4.52 Å². The number of hydrogen-bond acceptors (Lipinski definition) is 6. The molecule has 3 atom stereocenters. The molecule has 3 unspecified atom stereocenters. The molecule has 20 heavy (non-hydrogen) atoms. The molecule has 6 heteroatoms. The van der Waals surface area contributed by atoms with Gasteiger partial charge in [-0.15, -0.1) is 0 Å². The molecule has 1 N–H and O–H groups in total. The van der Waals surface area contributed by atoms with Crippen LogP contribution in [-0.4, -0.2) is 72.8 Å². The van der Waals surface area contributed by atoms with Crippen LogP contribution < -0.4 is 5.32 Å². The van der Waals surface area contributed by atoms with E-state index in [2.05, 4.69) is 46.3 Å². The monoisotopic (exact) mass is 279 g/mol. The Kier molecular flexibility index (Phi) is 4.05. The second kappa shape index (κ2) is 5.79. The van der Waals surface area contributed by atoms with Crippen molar-refractivity contribution in [3.8, 4) is 0 Å². The third kappa shape index (κ3) is 2.87. The van der Waals surface area contributed by atoms with E-state index in [9.17, 15) is 0 Å². The summed E-state index contributed by atoms with van der Waals surface area (Å²) in [6.45, 7) is 7.54. The van der Waals surface area contributed by atoms with Crippen LogP contribution in [0.3, 0.4) is 0 Å². The zero-order valence-electron chi connectivity index (χ0n) is 12.7. The molecule has 0 saturated carbocycles. The van der Waals surface area contributed by atoms with Gasteiger partial charge in [-0.25, -0.2) is 0 Å². The molecule has 6 nitrogen and oxygen atoms in total. The van der Waals surface area contributed by atoms with Crippen molar-refractivity contribution in [1.82, 2.24) is 25.3 Å². The number of piperazine rings is 1. The van der Waals surface area contributed by atoms with Gasteiger partial charge in [-0.2, -0.15) is 4.98 Å². The van der Waals surface area contributed by atoms with E-state index < -0.39 is 0 Å². The molecule has 3 rings (SSSR count). The molecule has 0 bridgehead atoms. The van der Waals surface area contributed by atoms with Gasteiger partial charge in [0, 0.05) is 38.6 Å². The Morgan fingerprint density at radius 2 is 2.15 bits per heavy atom. The quantitative estimate of drug-likeness (QED) is 0.852. The fourth-order valence-electron chi connectivity index (χ4n) is 3.17. The minimum atomic E-state index is 0.378. The Bertz CT molecular complexity index is 449. The predicted molar refractivity (Wildman–Crippen MR) is 76.7 cm³/mol. The van der Waals surface area contributed by atoms with Crippen LogP contribution in [0, 0.1) is 5.92 Å².